The third-order valence-corrected chi connectivity index (χ3v) is 6.29. The molecule has 1 aliphatic heterocycles. The molecule has 1 saturated heterocycles. The topological polar surface area (TPSA) is 40.6 Å². The molecule has 5 heteroatoms. The molecular formula is C16H34N2O2S. The molecule has 4 nitrogen and oxygen atoms in total. The summed E-state index contributed by atoms with van der Waals surface area (Å²) in [6.45, 7) is 8.72. The first-order chi connectivity index (χ1) is 9.68. The van der Waals surface area contributed by atoms with Gasteiger partial charge in [-0.1, -0.05) is 39.0 Å². The number of likely N-dealkylation sites (tertiary alicyclic amines) is 1. The second kappa shape index (κ2) is 7.93. The molecule has 0 radical (unpaired) electrons. The molecule has 1 fully saturated rings. The molecule has 0 aliphatic carbocycles. The summed E-state index contributed by atoms with van der Waals surface area (Å²) in [6.07, 6.45) is 10.0. The largest absolute Gasteiger partial charge is 0.297 e. The van der Waals surface area contributed by atoms with Crippen molar-refractivity contribution in [3.8, 4) is 0 Å². The van der Waals surface area contributed by atoms with Gasteiger partial charge in [0.25, 0.3) is 0 Å². The maximum atomic E-state index is 11.7. The summed E-state index contributed by atoms with van der Waals surface area (Å²) >= 11 is 0. The molecule has 0 bridgehead atoms. The van der Waals surface area contributed by atoms with E-state index in [1.54, 1.807) is 11.4 Å². The molecule has 0 saturated carbocycles. The van der Waals surface area contributed by atoms with Crippen LogP contribution in [0.1, 0.15) is 65.7 Å². The van der Waals surface area contributed by atoms with Crippen LogP contribution >= 0.6 is 0 Å². The van der Waals surface area contributed by atoms with E-state index in [0.717, 1.165) is 19.5 Å². The number of sulfonamides is 1. The molecular weight excluding hydrogens is 284 g/mol. The zero-order valence-corrected chi connectivity index (χ0v) is 15.4. The third kappa shape index (κ3) is 5.87. The number of hydrogen-bond acceptors (Lipinski definition) is 3. The van der Waals surface area contributed by atoms with E-state index in [-0.39, 0.29) is 11.6 Å². The van der Waals surface area contributed by atoms with Crippen LogP contribution in [-0.4, -0.2) is 55.6 Å². The fourth-order valence-electron chi connectivity index (χ4n) is 3.18. The molecule has 1 atom stereocenters. The van der Waals surface area contributed by atoms with Gasteiger partial charge in [-0.2, -0.15) is 0 Å². The van der Waals surface area contributed by atoms with E-state index < -0.39 is 10.0 Å². The van der Waals surface area contributed by atoms with Gasteiger partial charge in [0, 0.05) is 31.7 Å². The van der Waals surface area contributed by atoms with Gasteiger partial charge in [0.15, 0.2) is 0 Å². The Morgan fingerprint density at radius 3 is 2.38 bits per heavy atom. The molecule has 0 unspecified atom stereocenters. The van der Waals surface area contributed by atoms with Gasteiger partial charge in [-0.05, 0) is 26.7 Å². The minimum Gasteiger partial charge on any atom is -0.297 e. The van der Waals surface area contributed by atoms with E-state index in [2.05, 4.69) is 25.7 Å². The first-order valence-corrected chi connectivity index (χ1v) is 10.2. The number of nitrogens with zero attached hydrogens (tertiary/aromatic N) is 2. The van der Waals surface area contributed by atoms with Crippen molar-refractivity contribution in [2.75, 3.05) is 26.4 Å². The first-order valence-electron chi connectivity index (χ1n) is 8.36. The van der Waals surface area contributed by atoms with E-state index in [4.69, 9.17) is 0 Å². The van der Waals surface area contributed by atoms with Crippen LogP contribution in [0.15, 0.2) is 0 Å². The minimum atomic E-state index is -3.08. The van der Waals surface area contributed by atoms with Crippen molar-refractivity contribution in [1.29, 1.82) is 0 Å². The van der Waals surface area contributed by atoms with Crippen LogP contribution in [0.25, 0.3) is 0 Å². The van der Waals surface area contributed by atoms with Gasteiger partial charge >= 0.3 is 0 Å². The predicted molar refractivity (Wildman–Crippen MR) is 90.0 cm³/mol. The van der Waals surface area contributed by atoms with E-state index >= 15 is 0 Å². The summed E-state index contributed by atoms with van der Waals surface area (Å²) in [7, 11) is -1.37. The maximum Gasteiger partial charge on any atom is 0.211 e. The van der Waals surface area contributed by atoms with Crippen LogP contribution in [-0.2, 0) is 10.0 Å². The fourth-order valence-corrected chi connectivity index (χ4v) is 3.89. The van der Waals surface area contributed by atoms with Gasteiger partial charge in [0.1, 0.15) is 0 Å². The van der Waals surface area contributed by atoms with Gasteiger partial charge in [0.05, 0.1) is 6.26 Å². The van der Waals surface area contributed by atoms with Crippen LogP contribution in [0.5, 0.6) is 0 Å². The van der Waals surface area contributed by atoms with Gasteiger partial charge < -0.3 is 0 Å². The van der Waals surface area contributed by atoms with Gasteiger partial charge in [0.2, 0.25) is 10.0 Å². The normalized spacial score (nSPS) is 21.3. The van der Waals surface area contributed by atoms with Crippen molar-refractivity contribution in [3.05, 3.63) is 0 Å². The Bertz CT molecular complexity index is 407. The average Bonchev–Trinajstić information content (AvgIpc) is 2.86. The highest BCUT2D eigenvalue weighted by Gasteiger charge is 2.36. The van der Waals surface area contributed by atoms with Crippen LogP contribution in [0.4, 0.5) is 0 Å². The molecule has 0 aromatic heterocycles. The SMILES string of the molecule is CCCCCCCC(C)(C)N1CC[C@@H](N(C)S(C)(=O)=O)C1. The van der Waals surface area contributed by atoms with Crippen molar-refractivity contribution in [2.24, 2.45) is 0 Å². The maximum absolute atomic E-state index is 11.7. The molecule has 0 aromatic carbocycles. The summed E-state index contributed by atoms with van der Waals surface area (Å²) in [5, 5.41) is 0. The Labute approximate surface area is 131 Å². The molecule has 1 rings (SSSR count). The molecule has 1 heterocycles. The van der Waals surface area contributed by atoms with Crippen LogP contribution < -0.4 is 0 Å². The summed E-state index contributed by atoms with van der Waals surface area (Å²) in [6, 6.07) is 0.138. The van der Waals surface area contributed by atoms with E-state index in [1.165, 1.54) is 44.8 Å². The monoisotopic (exact) mass is 318 g/mol. The second-order valence-electron chi connectivity index (χ2n) is 7.14. The van der Waals surface area contributed by atoms with Crippen molar-refractivity contribution < 1.29 is 8.42 Å². The number of rotatable bonds is 9. The Morgan fingerprint density at radius 2 is 1.81 bits per heavy atom. The van der Waals surface area contributed by atoms with E-state index in [0.29, 0.717) is 0 Å². The lowest BCUT2D eigenvalue weighted by molar-refractivity contribution is 0.133. The summed E-state index contributed by atoms with van der Waals surface area (Å²) in [5.74, 6) is 0. The number of unbranched alkanes of at least 4 members (excludes halogenated alkanes) is 4. The Hall–Kier alpha value is -0.130. The molecule has 21 heavy (non-hydrogen) atoms. The van der Waals surface area contributed by atoms with E-state index in [9.17, 15) is 8.42 Å². The Balaban J connectivity index is 2.43. The Kier molecular flexibility index (Phi) is 7.14. The second-order valence-corrected chi connectivity index (χ2v) is 9.19. The summed E-state index contributed by atoms with van der Waals surface area (Å²) < 4.78 is 24.9. The van der Waals surface area contributed by atoms with Crippen molar-refractivity contribution in [1.82, 2.24) is 9.21 Å². The van der Waals surface area contributed by atoms with Crippen molar-refractivity contribution >= 4 is 10.0 Å². The highest BCUT2D eigenvalue weighted by atomic mass is 32.2. The lowest BCUT2D eigenvalue weighted by Gasteiger charge is -2.36. The minimum absolute atomic E-state index is 0.138. The van der Waals surface area contributed by atoms with Crippen LogP contribution in [0.2, 0.25) is 0 Å². The predicted octanol–water partition coefficient (Wildman–Crippen LogP) is 3.09. The Morgan fingerprint density at radius 1 is 1.19 bits per heavy atom. The molecule has 0 N–H and O–H groups in total. The summed E-state index contributed by atoms with van der Waals surface area (Å²) in [5.41, 5.74) is 0.180. The lowest BCUT2D eigenvalue weighted by Crippen LogP contribution is -2.45. The standard InChI is InChI=1S/C16H34N2O2S/c1-6-7-8-9-10-12-16(2,3)18-13-11-15(14-18)17(4)21(5,19)20/h15H,6-14H2,1-5H3/t15-/m1/s1. The van der Waals surface area contributed by atoms with E-state index in [1.807, 2.05) is 0 Å². The summed E-state index contributed by atoms with van der Waals surface area (Å²) in [4.78, 5) is 2.47. The molecule has 0 aromatic rings. The van der Waals surface area contributed by atoms with Crippen molar-refractivity contribution in [3.63, 3.8) is 0 Å². The van der Waals surface area contributed by atoms with Gasteiger partial charge in [-0.15, -0.1) is 0 Å². The molecule has 0 spiro atoms. The number of likely N-dealkylation sites (N-methyl/N-ethyl adjacent to an activating group) is 1. The first kappa shape index (κ1) is 18.9. The van der Waals surface area contributed by atoms with Gasteiger partial charge in [-0.3, -0.25) is 4.90 Å². The highest BCUT2D eigenvalue weighted by molar-refractivity contribution is 7.88. The van der Waals surface area contributed by atoms with Crippen LogP contribution in [0, 0.1) is 0 Å². The third-order valence-electron chi connectivity index (χ3n) is 4.95. The lowest BCUT2D eigenvalue weighted by atomic mass is 9.94. The highest BCUT2D eigenvalue weighted by Crippen LogP contribution is 2.28. The zero-order valence-electron chi connectivity index (χ0n) is 14.6. The average molecular weight is 319 g/mol. The molecule has 0 amide bonds. The quantitative estimate of drug-likeness (QED) is 0.613. The fraction of sp³-hybridized carbons (Fsp3) is 1.00. The molecule has 126 valence electrons. The number of hydrogen-bond donors (Lipinski definition) is 0. The van der Waals surface area contributed by atoms with Gasteiger partial charge in [-0.25, -0.2) is 12.7 Å². The van der Waals surface area contributed by atoms with Crippen molar-refractivity contribution in [2.45, 2.75) is 77.3 Å². The van der Waals surface area contributed by atoms with Crippen LogP contribution in [0.3, 0.4) is 0 Å². The molecule has 1 aliphatic rings. The zero-order chi connectivity index (χ0) is 16.1. The smallest absolute Gasteiger partial charge is 0.211 e.